The first-order valence-corrected chi connectivity index (χ1v) is 6.52. The van der Waals surface area contributed by atoms with Gasteiger partial charge in [-0.05, 0) is 33.8 Å². The molecule has 0 radical (unpaired) electrons. The molecule has 0 bridgehead atoms. The summed E-state index contributed by atoms with van der Waals surface area (Å²) < 4.78 is 18.4. The van der Waals surface area contributed by atoms with Crippen LogP contribution in [0.2, 0.25) is 0 Å². The summed E-state index contributed by atoms with van der Waals surface area (Å²) in [5.41, 5.74) is 0.861. The molecule has 1 aliphatic heterocycles. The van der Waals surface area contributed by atoms with Gasteiger partial charge in [-0.1, -0.05) is 0 Å². The van der Waals surface area contributed by atoms with Crippen LogP contribution in [0.4, 0.5) is 0 Å². The van der Waals surface area contributed by atoms with E-state index in [4.69, 9.17) is 13.7 Å². The second-order valence-corrected chi connectivity index (χ2v) is 6.11. The average Bonchev–Trinajstić information content (AvgIpc) is 2.74. The van der Waals surface area contributed by atoms with Gasteiger partial charge in [-0.3, -0.25) is 4.57 Å². The molecule has 106 valence electrons. The van der Waals surface area contributed by atoms with Gasteiger partial charge in [0.15, 0.2) is 11.2 Å². The van der Waals surface area contributed by atoms with Crippen molar-refractivity contribution in [1.82, 2.24) is 9.55 Å². The Morgan fingerprint density at radius 1 is 1.20 bits per heavy atom. The Balaban J connectivity index is 2.02. The maximum absolute atomic E-state index is 11.5. The van der Waals surface area contributed by atoms with Crippen molar-refractivity contribution in [3.05, 3.63) is 22.8 Å². The Kier molecular flexibility index (Phi) is 2.65. The molecule has 1 saturated heterocycles. The minimum atomic E-state index is -0.512. The van der Waals surface area contributed by atoms with Crippen LogP contribution in [-0.2, 0) is 16.4 Å². The van der Waals surface area contributed by atoms with Crippen molar-refractivity contribution in [3.8, 4) is 0 Å². The molecule has 0 spiro atoms. The molecule has 0 N–H and O–H groups in total. The van der Waals surface area contributed by atoms with E-state index >= 15 is 0 Å². The van der Waals surface area contributed by atoms with Gasteiger partial charge in [0.25, 0.3) is 0 Å². The van der Waals surface area contributed by atoms with E-state index in [1.54, 1.807) is 19.3 Å². The lowest BCUT2D eigenvalue weighted by Crippen LogP contribution is -2.41. The zero-order valence-electron chi connectivity index (χ0n) is 12.3. The molecule has 2 aromatic rings. The highest BCUT2D eigenvalue weighted by Gasteiger charge is 2.51. The summed E-state index contributed by atoms with van der Waals surface area (Å²) in [4.78, 5) is 15.7. The summed E-state index contributed by atoms with van der Waals surface area (Å²) in [5, 5.41) is 0. The number of fused-ring (bicyclic) bond motifs is 1. The van der Waals surface area contributed by atoms with E-state index in [2.05, 4.69) is 4.98 Å². The third kappa shape index (κ3) is 1.81. The van der Waals surface area contributed by atoms with Gasteiger partial charge in [0, 0.05) is 18.7 Å². The highest BCUT2D eigenvalue weighted by molar-refractivity contribution is 6.62. The number of aryl methyl sites for hydroxylation is 1. The maximum Gasteiger partial charge on any atom is 0.496 e. The Hall–Kier alpha value is -1.60. The molecule has 0 atom stereocenters. The van der Waals surface area contributed by atoms with Gasteiger partial charge in [-0.2, -0.15) is 0 Å². The lowest BCUT2D eigenvalue weighted by molar-refractivity contribution is 0.00578. The first kappa shape index (κ1) is 13.4. The molecular weight excluding hydrogens is 259 g/mol. The van der Waals surface area contributed by atoms with Crippen molar-refractivity contribution in [1.29, 1.82) is 0 Å². The van der Waals surface area contributed by atoms with Crippen LogP contribution >= 0.6 is 0 Å². The van der Waals surface area contributed by atoms with Crippen LogP contribution in [0.1, 0.15) is 27.7 Å². The van der Waals surface area contributed by atoms with Gasteiger partial charge >= 0.3 is 12.9 Å². The third-order valence-corrected chi connectivity index (χ3v) is 4.17. The van der Waals surface area contributed by atoms with Gasteiger partial charge in [-0.15, -0.1) is 0 Å². The number of nitrogens with zero attached hydrogens (tertiary/aromatic N) is 2. The Bertz CT molecular complexity index is 716. The normalized spacial score (nSPS) is 20.8. The summed E-state index contributed by atoms with van der Waals surface area (Å²) in [6.45, 7) is 7.95. The molecule has 0 saturated carbocycles. The van der Waals surface area contributed by atoms with Crippen molar-refractivity contribution < 1.29 is 13.7 Å². The first-order valence-electron chi connectivity index (χ1n) is 6.52. The number of rotatable bonds is 1. The van der Waals surface area contributed by atoms with Crippen LogP contribution in [0, 0.1) is 0 Å². The van der Waals surface area contributed by atoms with E-state index < -0.39 is 24.1 Å². The summed E-state index contributed by atoms with van der Waals surface area (Å²) in [6.07, 6.45) is 1.65. The Morgan fingerprint density at radius 2 is 1.80 bits per heavy atom. The quantitative estimate of drug-likeness (QED) is 0.721. The van der Waals surface area contributed by atoms with Crippen LogP contribution in [0.15, 0.2) is 21.5 Å². The van der Waals surface area contributed by atoms with Gasteiger partial charge in [0.2, 0.25) is 0 Å². The molecule has 3 heterocycles. The topological polar surface area (TPSA) is 66.5 Å². The fourth-order valence-electron chi connectivity index (χ4n) is 2.14. The average molecular weight is 276 g/mol. The number of hydrogen-bond donors (Lipinski definition) is 0. The van der Waals surface area contributed by atoms with E-state index in [1.165, 1.54) is 4.57 Å². The first-order chi connectivity index (χ1) is 9.21. The summed E-state index contributed by atoms with van der Waals surface area (Å²) >= 11 is 0. The van der Waals surface area contributed by atoms with E-state index in [-0.39, 0.29) is 0 Å². The molecule has 1 aliphatic rings. The highest BCUT2D eigenvalue weighted by atomic mass is 16.7. The summed E-state index contributed by atoms with van der Waals surface area (Å²) in [6, 6.07) is 1.74. The standard InChI is InChI=1S/C13H17BN2O4/c1-12(2)13(3,4)20-14(19-12)8-6-9-10(15-7-8)16(5)11(17)18-9/h6-7H,1-5H3. The molecular formula is C13H17BN2O4. The van der Waals surface area contributed by atoms with Crippen LogP contribution in [-0.4, -0.2) is 27.9 Å². The van der Waals surface area contributed by atoms with E-state index in [0.717, 1.165) is 5.46 Å². The molecule has 2 aromatic heterocycles. The van der Waals surface area contributed by atoms with Crippen molar-refractivity contribution in [2.45, 2.75) is 38.9 Å². The molecule has 1 fully saturated rings. The lowest BCUT2D eigenvalue weighted by atomic mass is 9.80. The molecule has 3 rings (SSSR count). The van der Waals surface area contributed by atoms with E-state index in [1.807, 2.05) is 27.7 Å². The molecule has 6 nitrogen and oxygen atoms in total. The van der Waals surface area contributed by atoms with Crippen molar-refractivity contribution in [3.63, 3.8) is 0 Å². The molecule has 0 amide bonds. The van der Waals surface area contributed by atoms with Gasteiger partial charge in [0.05, 0.1) is 11.2 Å². The van der Waals surface area contributed by atoms with Crippen LogP contribution in [0.5, 0.6) is 0 Å². The second-order valence-electron chi connectivity index (χ2n) is 6.11. The molecule has 0 aliphatic carbocycles. The van der Waals surface area contributed by atoms with Crippen molar-refractivity contribution in [2.24, 2.45) is 7.05 Å². The smallest absolute Gasteiger partial charge is 0.406 e. The fourth-order valence-corrected chi connectivity index (χ4v) is 2.14. The fraction of sp³-hybridized carbons (Fsp3) is 0.538. The minimum absolute atomic E-state index is 0.413. The number of oxazole rings is 1. The summed E-state index contributed by atoms with van der Waals surface area (Å²) in [7, 11) is 1.11. The maximum atomic E-state index is 11.5. The van der Waals surface area contributed by atoms with E-state index in [0.29, 0.717) is 11.2 Å². The largest absolute Gasteiger partial charge is 0.496 e. The van der Waals surface area contributed by atoms with Gasteiger partial charge < -0.3 is 13.7 Å². The number of hydrogen-bond acceptors (Lipinski definition) is 5. The monoisotopic (exact) mass is 276 g/mol. The van der Waals surface area contributed by atoms with Crippen molar-refractivity contribution >= 4 is 23.8 Å². The molecule has 0 unspecified atom stereocenters. The highest BCUT2D eigenvalue weighted by Crippen LogP contribution is 2.36. The van der Waals surface area contributed by atoms with Crippen LogP contribution in [0.25, 0.3) is 11.2 Å². The molecule has 7 heteroatoms. The van der Waals surface area contributed by atoms with Crippen LogP contribution < -0.4 is 11.2 Å². The summed E-state index contributed by atoms with van der Waals surface area (Å²) in [5.74, 6) is -0.432. The van der Waals surface area contributed by atoms with Gasteiger partial charge in [-0.25, -0.2) is 9.78 Å². The molecule has 0 aromatic carbocycles. The number of pyridine rings is 1. The SMILES string of the molecule is Cn1c(=O)oc2cc(B3OC(C)(C)C(C)(C)O3)cnc21. The zero-order chi connectivity index (χ0) is 14.7. The predicted octanol–water partition coefficient (Wildman–Crippen LogP) is 0.826. The third-order valence-electron chi connectivity index (χ3n) is 4.17. The van der Waals surface area contributed by atoms with E-state index in [9.17, 15) is 4.79 Å². The lowest BCUT2D eigenvalue weighted by Gasteiger charge is -2.32. The Morgan fingerprint density at radius 3 is 2.40 bits per heavy atom. The predicted molar refractivity (Wildman–Crippen MR) is 75.0 cm³/mol. The zero-order valence-corrected chi connectivity index (χ0v) is 12.3. The van der Waals surface area contributed by atoms with Crippen molar-refractivity contribution in [2.75, 3.05) is 0 Å². The van der Waals surface area contributed by atoms with Crippen LogP contribution in [0.3, 0.4) is 0 Å². The molecule has 20 heavy (non-hydrogen) atoms. The second kappa shape index (κ2) is 3.96. The Labute approximate surface area is 116 Å². The number of aromatic nitrogens is 2. The van der Waals surface area contributed by atoms with Gasteiger partial charge in [0.1, 0.15) is 0 Å². The minimum Gasteiger partial charge on any atom is -0.406 e.